The van der Waals surface area contributed by atoms with E-state index < -0.39 is 8.07 Å². The minimum atomic E-state index is -1.73. The van der Waals surface area contributed by atoms with Crippen LogP contribution >= 0.6 is 11.8 Å². The summed E-state index contributed by atoms with van der Waals surface area (Å²) in [5.41, 5.74) is 15.7. The molecule has 55 heavy (non-hydrogen) atoms. The van der Waals surface area contributed by atoms with Gasteiger partial charge in [0.1, 0.15) is 8.07 Å². The molecule has 1 saturated heterocycles. The maximum Gasteiger partial charge on any atom is 0.123 e. The summed E-state index contributed by atoms with van der Waals surface area (Å²) in [5, 5.41) is 3.24. The number of nitrogens with zero attached hydrogens (tertiary/aromatic N) is 2. The van der Waals surface area contributed by atoms with E-state index in [0.29, 0.717) is 0 Å². The summed E-state index contributed by atoms with van der Waals surface area (Å²) in [6.07, 6.45) is 14.1. The van der Waals surface area contributed by atoms with Crippen molar-refractivity contribution in [3.05, 3.63) is 178 Å². The van der Waals surface area contributed by atoms with Gasteiger partial charge in [0.05, 0.1) is 11.4 Å². The van der Waals surface area contributed by atoms with Gasteiger partial charge in [-0.3, -0.25) is 0 Å². The second-order valence-electron chi connectivity index (χ2n) is 16.4. The van der Waals surface area contributed by atoms with Crippen LogP contribution in [-0.2, 0) is 5.41 Å². The predicted molar refractivity (Wildman–Crippen MR) is 238 cm³/mol. The summed E-state index contributed by atoms with van der Waals surface area (Å²) in [4.78, 5) is 7.82. The topological polar surface area (TPSA) is 6.48 Å². The van der Waals surface area contributed by atoms with Gasteiger partial charge in [-0.05, 0) is 123 Å². The highest BCUT2D eigenvalue weighted by Gasteiger charge is 2.47. The van der Waals surface area contributed by atoms with Crippen molar-refractivity contribution in [1.82, 2.24) is 0 Å². The van der Waals surface area contributed by atoms with Crippen molar-refractivity contribution in [2.24, 2.45) is 0 Å². The number of hydrogen-bond acceptors (Lipinski definition) is 3. The second kappa shape index (κ2) is 12.6. The van der Waals surface area contributed by atoms with Crippen LogP contribution in [0.3, 0.4) is 0 Å². The van der Waals surface area contributed by atoms with Crippen LogP contribution in [0.15, 0.2) is 161 Å². The highest BCUT2D eigenvalue weighted by molar-refractivity contribution is 8.03. The number of anilines is 5. The summed E-state index contributed by atoms with van der Waals surface area (Å²) < 4.78 is 0. The van der Waals surface area contributed by atoms with Crippen LogP contribution in [0.5, 0.6) is 0 Å². The molecule has 4 heteroatoms. The summed E-state index contributed by atoms with van der Waals surface area (Å²) in [7, 11) is -1.73. The second-order valence-corrected chi connectivity index (χ2v) is 21.8. The lowest BCUT2D eigenvalue weighted by Gasteiger charge is -2.42. The number of allylic oxidation sites excluding steroid dienone is 3. The largest absolute Gasteiger partial charge is 0.311 e. The molecule has 2 aliphatic carbocycles. The summed E-state index contributed by atoms with van der Waals surface area (Å²) in [5.74, 6) is 0. The van der Waals surface area contributed by atoms with Crippen molar-refractivity contribution in [3.8, 4) is 11.1 Å². The molecule has 0 unspecified atom stereocenters. The fourth-order valence-electron chi connectivity index (χ4n) is 10.3. The average Bonchev–Trinajstić information content (AvgIpc) is 3.81. The molecule has 1 spiro atoms. The number of benzene rings is 6. The number of para-hydroxylation sites is 3. The molecular formula is C51H44N2SSi. The molecule has 6 aromatic carbocycles. The van der Waals surface area contributed by atoms with E-state index in [0.717, 1.165) is 12.8 Å². The van der Waals surface area contributed by atoms with Crippen molar-refractivity contribution >= 4 is 70.8 Å². The number of hydrogen-bond donors (Lipinski definition) is 0. The highest BCUT2D eigenvalue weighted by Crippen LogP contribution is 2.54. The highest BCUT2D eigenvalue weighted by atomic mass is 32.2. The zero-order chi connectivity index (χ0) is 36.7. The summed E-state index contributed by atoms with van der Waals surface area (Å²) >= 11 is 1.94. The van der Waals surface area contributed by atoms with E-state index in [-0.39, 0.29) is 5.41 Å². The summed E-state index contributed by atoms with van der Waals surface area (Å²) in [6, 6.07) is 53.5. The standard InChI is InChI=1S/C51H44N2SSi/c1-51(2)41-33-36(25-29-39(41)40-30-28-38(34-42(40)51)53-43-13-3-7-17-47(43)54-48-18-8-4-14-44(48)53)22-21-35-23-26-37(27-24-35)52-45-15-5-9-19-49(45)55(31-11-12-32-55)50-20-10-6-16-46(50)52/h3-7,9-10,13-17,19-30,33-34H,8,11-12,18,31-32H2,1-2H3. The van der Waals surface area contributed by atoms with E-state index in [1.807, 2.05) is 11.8 Å². The molecule has 0 saturated carbocycles. The van der Waals surface area contributed by atoms with Gasteiger partial charge in [0.2, 0.25) is 0 Å². The van der Waals surface area contributed by atoms with Crippen molar-refractivity contribution in [3.63, 3.8) is 0 Å². The molecule has 11 rings (SSSR count). The quantitative estimate of drug-likeness (QED) is 0.131. The molecule has 3 aliphatic heterocycles. The Morgan fingerprint density at radius 1 is 0.600 bits per heavy atom. The molecule has 0 atom stereocenters. The Morgan fingerprint density at radius 3 is 1.95 bits per heavy atom. The Kier molecular flexibility index (Phi) is 7.59. The Labute approximate surface area is 330 Å². The van der Waals surface area contributed by atoms with Crippen molar-refractivity contribution in [2.75, 3.05) is 9.80 Å². The SMILES string of the molecule is CC1(C)c2cc(C=Cc3ccc(N4c5ccccc5[Si]5(CCCC5)c5ccccc54)cc3)ccc2-c2ccc(N3C4=C(CCC=C4)Sc4ccccc43)cc21. The van der Waals surface area contributed by atoms with Crippen LogP contribution in [0, 0.1) is 0 Å². The first-order valence-electron chi connectivity index (χ1n) is 20.0. The maximum atomic E-state index is 2.52. The van der Waals surface area contributed by atoms with E-state index in [2.05, 4.69) is 181 Å². The minimum absolute atomic E-state index is 0.114. The Bertz CT molecular complexity index is 2570. The molecule has 0 bridgehead atoms. The summed E-state index contributed by atoms with van der Waals surface area (Å²) in [6.45, 7) is 4.79. The maximum absolute atomic E-state index is 2.52. The number of thioether (sulfide) groups is 1. The number of rotatable bonds is 4. The first kappa shape index (κ1) is 33.1. The van der Waals surface area contributed by atoms with Gasteiger partial charge in [-0.1, -0.05) is 142 Å². The molecule has 3 heterocycles. The molecule has 1 fully saturated rings. The Morgan fingerprint density at radius 2 is 1.20 bits per heavy atom. The fraction of sp³-hybridized carbons (Fsp3) is 0.176. The van der Waals surface area contributed by atoms with Gasteiger partial charge < -0.3 is 9.80 Å². The van der Waals surface area contributed by atoms with Gasteiger partial charge >= 0.3 is 0 Å². The molecule has 0 amide bonds. The van der Waals surface area contributed by atoms with E-state index in [4.69, 9.17) is 0 Å². The van der Waals surface area contributed by atoms with Crippen LogP contribution in [-0.4, -0.2) is 8.07 Å². The monoisotopic (exact) mass is 744 g/mol. The van der Waals surface area contributed by atoms with E-state index in [1.165, 1.54) is 102 Å². The van der Waals surface area contributed by atoms with Crippen LogP contribution in [0.25, 0.3) is 23.3 Å². The lowest BCUT2D eigenvalue weighted by Crippen LogP contribution is -2.60. The van der Waals surface area contributed by atoms with E-state index >= 15 is 0 Å². The molecule has 0 aromatic heterocycles. The molecule has 0 radical (unpaired) electrons. The number of fused-ring (bicyclic) bond motifs is 8. The Hall–Kier alpha value is -5.29. The van der Waals surface area contributed by atoms with E-state index in [9.17, 15) is 0 Å². The van der Waals surface area contributed by atoms with Gasteiger partial charge in [0.15, 0.2) is 0 Å². The van der Waals surface area contributed by atoms with Crippen molar-refractivity contribution in [2.45, 2.75) is 61.9 Å². The lowest BCUT2D eigenvalue weighted by molar-refractivity contribution is 0.660. The van der Waals surface area contributed by atoms with Crippen molar-refractivity contribution in [1.29, 1.82) is 0 Å². The van der Waals surface area contributed by atoms with Crippen molar-refractivity contribution < 1.29 is 0 Å². The van der Waals surface area contributed by atoms with E-state index in [1.54, 1.807) is 10.4 Å². The Balaban J connectivity index is 0.888. The first-order chi connectivity index (χ1) is 27.0. The van der Waals surface area contributed by atoms with Gasteiger partial charge in [0, 0.05) is 38.0 Å². The minimum Gasteiger partial charge on any atom is -0.311 e. The van der Waals surface area contributed by atoms with Gasteiger partial charge in [-0.2, -0.15) is 0 Å². The van der Waals surface area contributed by atoms with Crippen LogP contribution in [0.1, 0.15) is 61.8 Å². The zero-order valence-electron chi connectivity index (χ0n) is 31.6. The average molecular weight is 745 g/mol. The lowest BCUT2D eigenvalue weighted by atomic mass is 9.81. The van der Waals surface area contributed by atoms with Crippen LogP contribution in [0.2, 0.25) is 12.1 Å². The molecule has 0 N–H and O–H groups in total. The molecule has 6 aromatic rings. The molecule has 2 nitrogen and oxygen atoms in total. The first-order valence-corrected chi connectivity index (χ1v) is 23.3. The molecule has 5 aliphatic rings. The van der Waals surface area contributed by atoms with Crippen LogP contribution < -0.4 is 20.2 Å². The third kappa shape index (κ3) is 5.07. The van der Waals surface area contributed by atoms with Gasteiger partial charge in [-0.15, -0.1) is 0 Å². The predicted octanol–water partition coefficient (Wildman–Crippen LogP) is 13.1. The van der Waals surface area contributed by atoms with Gasteiger partial charge in [-0.25, -0.2) is 0 Å². The van der Waals surface area contributed by atoms with Gasteiger partial charge in [0.25, 0.3) is 0 Å². The molecular weight excluding hydrogens is 701 g/mol. The third-order valence-electron chi connectivity index (χ3n) is 13.0. The fourth-order valence-corrected chi connectivity index (χ4v) is 17.0. The van der Waals surface area contributed by atoms with Crippen LogP contribution in [0.4, 0.5) is 28.4 Å². The molecule has 268 valence electrons. The third-order valence-corrected chi connectivity index (χ3v) is 19.6. The normalized spacial score (nSPS) is 18.2. The smallest absolute Gasteiger partial charge is 0.123 e. The zero-order valence-corrected chi connectivity index (χ0v) is 33.4.